The van der Waals surface area contributed by atoms with Crippen LogP contribution in [0.4, 0.5) is 11.4 Å². The standard InChI is InChI=1S/C16H19N3O/c1-9-5-12-15(7-11(9)17)20-16-8-14(19(3)4)10(2)6-13(16)18-12/h5-8,11H,17H2,1-4H3. The third-order valence-electron chi connectivity index (χ3n) is 3.69. The Morgan fingerprint density at radius 1 is 1.25 bits per heavy atom. The molecule has 1 aliphatic carbocycles. The van der Waals surface area contributed by atoms with Gasteiger partial charge in [-0.2, -0.15) is 0 Å². The average Bonchev–Trinajstić information content (AvgIpc) is 2.37. The molecule has 1 unspecified atom stereocenters. The summed E-state index contributed by atoms with van der Waals surface area (Å²) in [4.78, 5) is 6.76. The Bertz CT molecular complexity index is 669. The molecule has 104 valence electrons. The Balaban J connectivity index is 2.11. The number of hydrogen-bond donors (Lipinski definition) is 1. The lowest BCUT2D eigenvalue weighted by Gasteiger charge is -2.25. The smallest absolute Gasteiger partial charge is 0.155 e. The lowest BCUT2D eigenvalue weighted by atomic mass is 9.99. The van der Waals surface area contributed by atoms with Gasteiger partial charge in [-0.3, -0.25) is 0 Å². The van der Waals surface area contributed by atoms with E-state index in [1.54, 1.807) is 0 Å². The molecule has 0 saturated heterocycles. The van der Waals surface area contributed by atoms with Crippen LogP contribution in [0, 0.1) is 6.92 Å². The number of ether oxygens (including phenoxy) is 1. The fourth-order valence-corrected chi connectivity index (χ4v) is 2.50. The van der Waals surface area contributed by atoms with Gasteiger partial charge in [0.1, 0.15) is 11.4 Å². The van der Waals surface area contributed by atoms with E-state index in [0.717, 1.165) is 34.2 Å². The Kier molecular flexibility index (Phi) is 2.91. The quantitative estimate of drug-likeness (QED) is 0.852. The van der Waals surface area contributed by atoms with Crippen LogP contribution in [-0.2, 0) is 0 Å². The summed E-state index contributed by atoms with van der Waals surface area (Å²) in [6.07, 6.45) is 3.92. The van der Waals surface area contributed by atoms with Crippen molar-refractivity contribution in [2.75, 3.05) is 19.0 Å². The van der Waals surface area contributed by atoms with E-state index in [1.807, 2.05) is 39.2 Å². The number of allylic oxidation sites excluding steroid dienone is 1. The minimum Gasteiger partial charge on any atom is -0.453 e. The molecule has 0 amide bonds. The number of hydrogen-bond acceptors (Lipinski definition) is 4. The van der Waals surface area contributed by atoms with E-state index < -0.39 is 0 Å². The zero-order valence-electron chi connectivity index (χ0n) is 12.3. The Morgan fingerprint density at radius 3 is 2.70 bits per heavy atom. The van der Waals surface area contributed by atoms with E-state index in [0.29, 0.717) is 0 Å². The van der Waals surface area contributed by atoms with Crippen molar-refractivity contribution >= 4 is 17.1 Å². The third kappa shape index (κ3) is 2.02. The number of benzene rings is 1. The van der Waals surface area contributed by atoms with Crippen molar-refractivity contribution in [2.45, 2.75) is 19.9 Å². The van der Waals surface area contributed by atoms with Crippen LogP contribution in [0.3, 0.4) is 0 Å². The van der Waals surface area contributed by atoms with Gasteiger partial charge in [0.15, 0.2) is 11.5 Å². The second-order valence-corrected chi connectivity index (χ2v) is 5.55. The molecule has 2 N–H and O–H groups in total. The molecule has 20 heavy (non-hydrogen) atoms. The molecule has 4 heteroatoms. The van der Waals surface area contributed by atoms with Gasteiger partial charge < -0.3 is 15.4 Å². The number of nitrogens with zero attached hydrogens (tertiary/aromatic N) is 2. The molecule has 0 fully saturated rings. The van der Waals surface area contributed by atoms with Crippen molar-refractivity contribution in [2.24, 2.45) is 10.7 Å². The van der Waals surface area contributed by atoms with E-state index >= 15 is 0 Å². The van der Waals surface area contributed by atoms with E-state index in [2.05, 4.69) is 22.9 Å². The van der Waals surface area contributed by atoms with Gasteiger partial charge in [-0.25, -0.2) is 4.99 Å². The third-order valence-corrected chi connectivity index (χ3v) is 3.69. The molecule has 1 aliphatic heterocycles. The first kappa shape index (κ1) is 12.9. The fraction of sp³-hybridized carbons (Fsp3) is 0.312. The summed E-state index contributed by atoms with van der Waals surface area (Å²) in [5, 5.41) is 0. The van der Waals surface area contributed by atoms with Crippen molar-refractivity contribution in [1.29, 1.82) is 0 Å². The van der Waals surface area contributed by atoms with Gasteiger partial charge in [0.25, 0.3) is 0 Å². The average molecular weight is 269 g/mol. The highest BCUT2D eigenvalue weighted by Crippen LogP contribution is 2.39. The molecule has 4 nitrogen and oxygen atoms in total. The lowest BCUT2D eigenvalue weighted by Crippen LogP contribution is -2.27. The van der Waals surface area contributed by atoms with Gasteiger partial charge in [0.05, 0.1) is 0 Å². The molecule has 0 spiro atoms. The van der Waals surface area contributed by atoms with Crippen LogP contribution in [0.2, 0.25) is 0 Å². The molecule has 2 aliphatic rings. The van der Waals surface area contributed by atoms with Crippen LogP contribution >= 0.6 is 0 Å². The molecule has 0 saturated carbocycles. The first-order chi connectivity index (χ1) is 9.45. The second-order valence-electron chi connectivity index (χ2n) is 5.55. The summed E-state index contributed by atoms with van der Waals surface area (Å²) in [6, 6.07) is 4.00. The van der Waals surface area contributed by atoms with Gasteiger partial charge in [0.2, 0.25) is 0 Å². The normalized spacial score (nSPS) is 20.1. The first-order valence-electron chi connectivity index (χ1n) is 6.70. The predicted octanol–water partition coefficient (Wildman–Crippen LogP) is 2.70. The molecular formula is C16H19N3O. The van der Waals surface area contributed by atoms with Crippen molar-refractivity contribution in [3.05, 3.63) is 41.2 Å². The summed E-state index contributed by atoms with van der Waals surface area (Å²) in [5.74, 6) is 1.54. The van der Waals surface area contributed by atoms with E-state index in [-0.39, 0.29) is 6.04 Å². The number of nitrogens with two attached hydrogens (primary N) is 1. The van der Waals surface area contributed by atoms with Gasteiger partial charge in [-0.1, -0.05) is 5.57 Å². The number of aryl methyl sites for hydroxylation is 1. The monoisotopic (exact) mass is 269 g/mol. The van der Waals surface area contributed by atoms with Crippen molar-refractivity contribution in [3.8, 4) is 5.75 Å². The van der Waals surface area contributed by atoms with Crippen molar-refractivity contribution in [1.82, 2.24) is 0 Å². The molecule has 1 aromatic carbocycles. The first-order valence-corrected chi connectivity index (χ1v) is 6.70. The SMILES string of the molecule is CC1=CC2=Nc3cc(C)c(N(C)C)cc3OC2=CC1N. The van der Waals surface area contributed by atoms with Crippen molar-refractivity contribution < 1.29 is 4.74 Å². The van der Waals surface area contributed by atoms with Crippen LogP contribution in [-0.4, -0.2) is 25.8 Å². The highest BCUT2D eigenvalue weighted by Gasteiger charge is 2.23. The lowest BCUT2D eigenvalue weighted by molar-refractivity contribution is 0.446. The zero-order valence-corrected chi connectivity index (χ0v) is 12.3. The molecular weight excluding hydrogens is 250 g/mol. The van der Waals surface area contributed by atoms with Crippen molar-refractivity contribution in [3.63, 3.8) is 0 Å². The number of fused-ring (bicyclic) bond motifs is 2. The summed E-state index contributed by atoms with van der Waals surface area (Å²) in [6.45, 7) is 4.09. The second kappa shape index (κ2) is 4.49. The largest absolute Gasteiger partial charge is 0.453 e. The maximum absolute atomic E-state index is 6.02. The summed E-state index contributed by atoms with van der Waals surface area (Å²) in [5.41, 5.74) is 11.2. The molecule has 0 aromatic heterocycles. The fourth-order valence-electron chi connectivity index (χ4n) is 2.50. The Hall–Kier alpha value is -2.07. The highest BCUT2D eigenvalue weighted by molar-refractivity contribution is 6.11. The summed E-state index contributed by atoms with van der Waals surface area (Å²) >= 11 is 0. The molecule has 1 heterocycles. The Morgan fingerprint density at radius 2 is 2.00 bits per heavy atom. The van der Waals surface area contributed by atoms with E-state index in [4.69, 9.17) is 10.5 Å². The minimum atomic E-state index is -0.0933. The van der Waals surface area contributed by atoms with E-state index in [1.165, 1.54) is 5.56 Å². The maximum Gasteiger partial charge on any atom is 0.155 e. The van der Waals surface area contributed by atoms with Gasteiger partial charge in [-0.05, 0) is 37.6 Å². The van der Waals surface area contributed by atoms with Gasteiger partial charge in [0, 0.05) is 31.9 Å². The van der Waals surface area contributed by atoms with Gasteiger partial charge >= 0.3 is 0 Å². The van der Waals surface area contributed by atoms with Crippen LogP contribution in [0.1, 0.15) is 12.5 Å². The molecule has 3 rings (SSSR count). The van der Waals surface area contributed by atoms with Crippen LogP contribution in [0.5, 0.6) is 5.75 Å². The summed E-state index contributed by atoms with van der Waals surface area (Å²) < 4.78 is 5.98. The molecule has 1 aromatic rings. The molecule has 0 radical (unpaired) electrons. The Labute approximate surface area is 119 Å². The van der Waals surface area contributed by atoms with Crippen LogP contribution in [0.15, 0.2) is 40.6 Å². The minimum absolute atomic E-state index is 0.0933. The summed E-state index contributed by atoms with van der Waals surface area (Å²) in [7, 11) is 4.04. The zero-order chi connectivity index (χ0) is 14.4. The van der Waals surface area contributed by atoms with Crippen LogP contribution < -0.4 is 15.4 Å². The molecule has 0 bridgehead atoms. The van der Waals surface area contributed by atoms with E-state index in [9.17, 15) is 0 Å². The topological polar surface area (TPSA) is 50.8 Å². The maximum atomic E-state index is 6.02. The predicted molar refractivity (Wildman–Crippen MR) is 83.0 cm³/mol. The number of anilines is 1. The number of aliphatic imine (C=N–C) groups is 1. The van der Waals surface area contributed by atoms with Gasteiger partial charge in [-0.15, -0.1) is 0 Å². The number of rotatable bonds is 1. The highest BCUT2D eigenvalue weighted by atomic mass is 16.5. The van der Waals surface area contributed by atoms with Crippen LogP contribution in [0.25, 0.3) is 0 Å². The molecule has 1 atom stereocenters.